The van der Waals surface area contributed by atoms with E-state index in [2.05, 4.69) is 32.8 Å². The minimum atomic E-state index is -0.973. The number of aryl methyl sites for hydroxylation is 2. The van der Waals surface area contributed by atoms with Gasteiger partial charge in [-0.1, -0.05) is 17.2 Å². The van der Waals surface area contributed by atoms with Gasteiger partial charge in [0.25, 0.3) is 0 Å². The summed E-state index contributed by atoms with van der Waals surface area (Å²) in [5, 5.41) is 21.5. The number of nitrogens with zero attached hydrogens (tertiary/aromatic N) is 7. The molecule has 10 fully saturated rings. The minimum absolute atomic E-state index is 0.0378. The van der Waals surface area contributed by atoms with Crippen molar-refractivity contribution >= 4 is 23.6 Å². The van der Waals surface area contributed by atoms with E-state index in [1.807, 2.05) is 17.0 Å². The Kier molecular flexibility index (Phi) is 13.3. The molecule has 11 aliphatic rings. The average Bonchev–Trinajstić information content (AvgIpc) is 3.76. The van der Waals surface area contributed by atoms with Crippen LogP contribution >= 0.6 is 0 Å². The van der Waals surface area contributed by atoms with Crippen LogP contribution in [-0.2, 0) is 41.4 Å². The fourth-order valence-electron chi connectivity index (χ4n) is 16.7. The summed E-state index contributed by atoms with van der Waals surface area (Å²) in [4.78, 5) is 56.0. The number of azide groups is 1. The van der Waals surface area contributed by atoms with E-state index in [-0.39, 0.29) is 84.8 Å². The lowest BCUT2D eigenvalue weighted by Crippen LogP contribution is -2.65. The molecule has 3 N–H and O–H groups in total. The average molecular weight is 1000 g/mol. The molecule has 18 nitrogen and oxygen atoms in total. The van der Waals surface area contributed by atoms with E-state index in [1.165, 1.54) is 5.56 Å². The van der Waals surface area contributed by atoms with Crippen molar-refractivity contribution in [3.63, 3.8) is 0 Å². The molecule has 0 radical (unpaired) electrons. The van der Waals surface area contributed by atoms with Crippen LogP contribution in [0.2, 0.25) is 0 Å². The summed E-state index contributed by atoms with van der Waals surface area (Å²) in [5.74, 6) is 3.79. The van der Waals surface area contributed by atoms with Crippen LogP contribution in [0.1, 0.15) is 113 Å². The Morgan fingerprint density at radius 1 is 0.849 bits per heavy atom. The maximum atomic E-state index is 14.0. The van der Waals surface area contributed by atoms with Gasteiger partial charge >= 0.3 is 12.0 Å². The van der Waals surface area contributed by atoms with E-state index >= 15 is 0 Å². The first kappa shape index (κ1) is 48.1. The third-order valence-corrected chi connectivity index (χ3v) is 20.1. The number of rotatable bonds is 11. The number of pyridine rings is 2. The van der Waals surface area contributed by atoms with Crippen LogP contribution in [0.3, 0.4) is 0 Å². The largest absolute Gasteiger partial charge is 0.481 e. The van der Waals surface area contributed by atoms with Crippen molar-refractivity contribution in [3.8, 4) is 5.88 Å². The van der Waals surface area contributed by atoms with Gasteiger partial charge in [0.2, 0.25) is 5.88 Å². The van der Waals surface area contributed by atoms with E-state index in [0.29, 0.717) is 98.7 Å². The van der Waals surface area contributed by atoms with Gasteiger partial charge in [0.15, 0.2) is 5.78 Å². The molecule has 2 amide bonds. The normalized spacial score (nSPS) is 40.8. The molecule has 6 saturated heterocycles. The highest BCUT2D eigenvalue weighted by Crippen LogP contribution is 2.57. The zero-order valence-electron chi connectivity index (χ0n) is 42.0. The Labute approximate surface area is 427 Å². The molecule has 18 heteroatoms. The minimum Gasteiger partial charge on any atom is -0.481 e. The Morgan fingerprint density at radius 3 is 2.47 bits per heavy atom. The van der Waals surface area contributed by atoms with Crippen molar-refractivity contribution < 1.29 is 43.2 Å². The molecule has 0 aromatic carbocycles. The van der Waals surface area contributed by atoms with E-state index in [1.54, 1.807) is 11.1 Å². The lowest BCUT2D eigenvalue weighted by atomic mass is 9.56. The maximum absolute atomic E-state index is 14.0. The SMILES string of the molecule is [N-]=[N+]=NC1COCC2CC3OC4CC5CC6OC7CC8CC9OCCC(=O)C9NC8CC7CC6C(Oc6ccc([C@H](CC(=O)O)N7CCN(CCCc8ccc9c(n8)NCCC9)C7=O)cn6)C5CC4CC3CC21. The number of Topliss-reactive ketones (excluding diaryl/α,β-unsaturated/α-hetero) is 1. The van der Waals surface area contributed by atoms with Crippen LogP contribution in [0.5, 0.6) is 5.88 Å². The molecule has 392 valence electrons. The molecule has 19 atom stereocenters. The third kappa shape index (κ3) is 9.38. The summed E-state index contributed by atoms with van der Waals surface area (Å²) in [6, 6.07) is 7.14. The number of aliphatic carboxylic acids is 1. The molecule has 13 rings (SSSR count). The molecule has 2 aromatic rings. The van der Waals surface area contributed by atoms with E-state index < -0.39 is 12.0 Å². The van der Waals surface area contributed by atoms with Gasteiger partial charge in [-0.05, 0) is 160 Å². The number of carbonyl (C=O) groups excluding carboxylic acids is 2. The van der Waals surface area contributed by atoms with Crippen LogP contribution in [0.15, 0.2) is 35.6 Å². The number of ether oxygens (including phenoxy) is 5. The Hall–Kier alpha value is -4.58. The predicted octanol–water partition coefficient (Wildman–Crippen LogP) is 6.91. The molecular formula is C55H73N9O9. The van der Waals surface area contributed by atoms with Crippen molar-refractivity contribution in [1.82, 2.24) is 25.1 Å². The third-order valence-electron chi connectivity index (χ3n) is 20.1. The van der Waals surface area contributed by atoms with E-state index in [4.69, 9.17) is 33.7 Å². The molecule has 0 spiro atoms. The smallest absolute Gasteiger partial charge is 0.320 e. The number of carbonyl (C=O) groups is 3. The van der Waals surface area contributed by atoms with Crippen molar-refractivity contribution in [2.75, 3.05) is 51.3 Å². The second-order valence-electron chi connectivity index (χ2n) is 24.1. The first-order valence-corrected chi connectivity index (χ1v) is 28.2. The summed E-state index contributed by atoms with van der Waals surface area (Å²) in [6.45, 7) is 4.19. The quantitative estimate of drug-likeness (QED) is 0.118. The number of piperidine rings is 1. The van der Waals surface area contributed by atoms with Crippen LogP contribution in [0.4, 0.5) is 10.6 Å². The summed E-state index contributed by atoms with van der Waals surface area (Å²) in [7, 11) is 0. The second-order valence-corrected chi connectivity index (χ2v) is 24.1. The number of ketones is 1. The van der Waals surface area contributed by atoms with Gasteiger partial charge in [-0.25, -0.2) is 14.8 Å². The molecule has 9 heterocycles. The molecule has 2 aromatic heterocycles. The first-order valence-electron chi connectivity index (χ1n) is 28.2. The highest BCUT2D eigenvalue weighted by Gasteiger charge is 2.58. The Bertz CT molecular complexity index is 2440. The molecule has 0 bridgehead atoms. The fourth-order valence-corrected chi connectivity index (χ4v) is 16.7. The highest BCUT2D eigenvalue weighted by atomic mass is 16.5. The zero-order chi connectivity index (χ0) is 49.3. The van der Waals surface area contributed by atoms with Crippen LogP contribution < -0.4 is 15.4 Å². The van der Waals surface area contributed by atoms with Crippen molar-refractivity contribution in [2.45, 2.75) is 164 Å². The number of amides is 2. The van der Waals surface area contributed by atoms with E-state index in [0.717, 1.165) is 108 Å². The summed E-state index contributed by atoms with van der Waals surface area (Å²) >= 11 is 0. The molecular weight excluding hydrogens is 931 g/mol. The molecule has 4 aliphatic carbocycles. The van der Waals surface area contributed by atoms with Gasteiger partial charge in [0, 0.05) is 74.0 Å². The summed E-state index contributed by atoms with van der Waals surface area (Å²) < 4.78 is 33.9. The first-order chi connectivity index (χ1) is 35.7. The molecule has 7 aliphatic heterocycles. The van der Waals surface area contributed by atoms with Gasteiger partial charge in [-0.15, -0.1) is 0 Å². The number of hydrogen-bond donors (Lipinski definition) is 3. The standard InChI is InChI=1S/C55H73N9O9/c56-62-61-42-28-69-27-36-24-47-33(16-38(36)42)15-34-17-39-31(20-45(34)71-47)21-48-40(18-35-19-41-32(22-46(35)72-48)23-49-52(60-41)44(65)9-14-70-49)53(39)73-50-8-6-30(26-58-50)43(25-51(66)67)64-13-12-63(55(64)68)11-2-4-37-7-5-29-3-1-10-57-54(29)59-37/h5-8,26,31-36,38-43,45-49,52-53,60H,1-4,9-25,27-28H2,(H,57,59)(H,66,67)/t31?,32?,33?,34?,35?,36?,38?,39?,40?,41?,42?,43-,45?,46?,47?,48?,49?,52?,53?/m0/s1. The van der Waals surface area contributed by atoms with Crippen molar-refractivity contribution in [1.29, 1.82) is 0 Å². The number of aromatic nitrogens is 2. The number of hydrogen-bond acceptors (Lipinski definition) is 13. The summed E-state index contributed by atoms with van der Waals surface area (Å²) in [6.07, 6.45) is 15.8. The topological polar surface area (TPSA) is 223 Å². The van der Waals surface area contributed by atoms with Crippen molar-refractivity contribution in [3.05, 3.63) is 57.7 Å². The van der Waals surface area contributed by atoms with Crippen LogP contribution in [0, 0.1) is 53.3 Å². The predicted molar refractivity (Wildman–Crippen MR) is 265 cm³/mol. The number of nitrogens with one attached hydrogen (secondary N) is 2. The van der Waals surface area contributed by atoms with Gasteiger partial charge in [-0.2, -0.15) is 0 Å². The number of urea groups is 1. The van der Waals surface area contributed by atoms with Gasteiger partial charge < -0.3 is 49.2 Å². The monoisotopic (exact) mass is 1000 g/mol. The van der Waals surface area contributed by atoms with Crippen LogP contribution in [0.25, 0.3) is 10.4 Å². The highest BCUT2D eigenvalue weighted by molar-refractivity contribution is 5.85. The molecule has 4 saturated carbocycles. The van der Waals surface area contributed by atoms with Gasteiger partial charge in [0.05, 0.1) is 68.3 Å². The summed E-state index contributed by atoms with van der Waals surface area (Å²) in [5.41, 5.74) is 12.3. The maximum Gasteiger partial charge on any atom is 0.320 e. The second kappa shape index (κ2) is 20.2. The Morgan fingerprint density at radius 2 is 1.63 bits per heavy atom. The van der Waals surface area contributed by atoms with Gasteiger partial charge in [-0.3, -0.25) is 9.59 Å². The van der Waals surface area contributed by atoms with E-state index in [9.17, 15) is 25.0 Å². The number of fused-ring (bicyclic) bond motifs is 9. The molecule has 73 heavy (non-hydrogen) atoms. The van der Waals surface area contributed by atoms with Gasteiger partial charge in [0.1, 0.15) is 11.9 Å². The lowest BCUT2D eigenvalue weighted by Gasteiger charge is -2.59. The number of carboxylic acid groups (broad SMARTS) is 1. The van der Waals surface area contributed by atoms with Crippen molar-refractivity contribution in [2.24, 2.45) is 58.4 Å². The fraction of sp³-hybridized carbons (Fsp3) is 0.764. The zero-order valence-corrected chi connectivity index (χ0v) is 42.0. The Balaban J connectivity index is 0.722. The van der Waals surface area contributed by atoms with Crippen LogP contribution in [-0.4, -0.2) is 143 Å². The lowest BCUT2D eigenvalue weighted by molar-refractivity contribution is -0.226. The number of carboxylic acids is 1. The number of anilines is 1. The molecule has 18 unspecified atom stereocenters.